The third-order valence-electron chi connectivity index (χ3n) is 3.79. The van der Waals surface area contributed by atoms with Gasteiger partial charge >= 0.3 is 0 Å². The van der Waals surface area contributed by atoms with Crippen LogP contribution >= 0.6 is 0 Å². The number of hydrogen-bond donors (Lipinski definition) is 2. The molecular weight excluding hydrogens is 326 g/mol. The molecule has 0 atom stereocenters. The quantitative estimate of drug-likeness (QED) is 0.671. The van der Waals surface area contributed by atoms with E-state index >= 15 is 0 Å². The second kappa shape index (κ2) is 8.78. The highest BCUT2D eigenvalue weighted by Gasteiger charge is 2.10. The molecule has 3 rings (SSSR count). The zero-order valence-corrected chi connectivity index (χ0v) is 14.6. The number of nitrogens with one attached hydrogen (secondary N) is 2. The second-order valence-electron chi connectivity index (χ2n) is 5.69. The molecule has 2 N–H and O–H groups in total. The summed E-state index contributed by atoms with van der Waals surface area (Å²) in [7, 11) is 0. The highest BCUT2D eigenvalue weighted by Crippen LogP contribution is 2.21. The average molecular weight is 347 g/mol. The van der Waals surface area contributed by atoms with Crippen molar-refractivity contribution in [2.75, 3.05) is 11.9 Å². The van der Waals surface area contributed by atoms with Crippen LogP contribution < -0.4 is 15.4 Å². The number of ether oxygens (including phenoxy) is 1. The molecule has 1 amide bonds. The summed E-state index contributed by atoms with van der Waals surface area (Å²) in [6, 6.07) is 20.4. The number of nitrogens with zero attached hydrogens (tertiary/aromatic N) is 1. The maximum absolute atomic E-state index is 12.6. The van der Waals surface area contributed by atoms with Crippen LogP contribution in [0.5, 0.6) is 11.6 Å². The molecule has 0 aliphatic heterocycles. The van der Waals surface area contributed by atoms with E-state index in [1.807, 2.05) is 61.5 Å². The lowest BCUT2D eigenvalue weighted by Gasteiger charge is -2.12. The van der Waals surface area contributed by atoms with Crippen LogP contribution in [0.3, 0.4) is 0 Å². The van der Waals surface area contributed by atoms with E-state index in [-0.39, 0.29) is 5.91 Å². The Hall–Kier alpha value is -3.18. The Balaban J connectivity index is 1.73. The van der Waals surface area contributed by atoms with E-state index in [0.717, 1.165) is 17.8 Å². The van der Waals surface area contributed by atoms with Crippen molar-refractivity contribution in [3.8, 4) is 11.6 Å². The maximum Gasteiger partial charge on any atom is 0.255 e. The van der Waals surface area contributed by atoms with Gasteiger partial charge in [0.05, 0.1) is 0 Å². The van der Waals surface area contributed by atoms with Crippen molar-refractivity contribution >= 4 is 11.6 Å². The predicted octanol–water partition coefficient (Wildman–Crippen LogP) is 4.24. The summed E-state index contributed by atoms with van der Waals surface area (Å²) < 4.78 is 5.70. The number of carbonyl (C=O) groups excluding carboxylic acids is 1. The Morgan fingerprint density at radius 1 is 1.04 bits per heavy atom. The second-order valence-corrected chi connectivity index (χ2v) is 5.69. The summed E-state index contributed by atoms with van der Waals surface area (Å²) in [6.45, 7) is 3.62. The minimum atomic E-state index is -0.200. The highest BCUT2D eigenvalue weighted by molar-refractivity contribution is 6.04. The van der Waals surface area contributed by atoms with E-state index in [2.05, 4.69) is 15.6 Å². The molecule has 5 nitrogen and oxygen atoms in total. The summed E-state index contributed by atoms with van der Waals surface area (Å²) in [5.41, 5.74) is 2.32. The Bertz CT molecular complexity index is 866. The van der Waals surface area contributed by atoms with E-state index in [9.17, 15) is 4.79 Å². The average Bonchev–Trinajstić information content (AvgIpc) is 2.68. The highest BCUT2D eigenvalue weighted by atomic mass is 16.5. The van der Waals surface area contributed by atoms with Gasteiger partial charge in [-0.2, -0.15) is 0 Å². The third kappa shape index (κ3) is 4.68. The van der Waals surface area contributed by atoms with E-state index in [1.165, 1.54) is 0 Å². The van der Waals surface area contributed by atoms with Crippen LogP contribution in [0.15, 0.2) is 72.9 Å². The van der Waals surface area contributed by atoms with E-state index in [4.69, 9.17) is 4.74 Å². The van der Waals surface area contributed by atoms with Crippen LogP contribution in [-0.2, 0) is 6.54 Å². The third-order valence-corrected chi connectivity index (χ3v) is 3.79. The molecule has 2 aromatic carbocycles. The molecule has 0 saturated heterocycles. The van der Waals surface area contributed by atoms with Crippen molar-refractivity contribution in [2.24, 2.45) is 0 Å². The van der Waals surface area contributed by atoms with Gasteiger partial charge in [0.1, 0.15) is 5.75 Å². The number of anilines is 1. The monoisotopic (exact) mass is 347 g/mol. The smallest absolute Gasteiger partial charge is 0.255 e. The molecule has 0 aliphatic carbocycles. The van der Waals surface area contributed by atoms with Crippen LogP contribution in [0.2, 0.25) is 0 Å². The van der Waals surface area contributed by atoms with Crippen molar-refractivity contribution in [3.05, 3.63) is 84.1 Å². The molecule has 1 heterocycles. The van der Waals surface area contributed by atoms with Crippen molar-refractivity contribution in [2.45, 2.75) is 13.5 Å². The van der Waals surface area contributed by atoms with Gasteiger partial charge in [-0.25, -0.2) is 4.98 Å². The van der Waals surface area contributed by atoms with Crippen LogP contribution in [0.1, 0.15) is 22.8 Å². The molecule has 5 heteroatoms. The standard InChI is InChI=1S/C21H21N3O2/c1-2-22-15-17-8-6-7-11-19(17)24-21(25)16-12-13-23-20(14-16)26-18-9-4-3-5-10-18/h3-14,22H,2,15H2,1H3,(H,24,25). The van der Waals surface area contributed by atoms with Gasteiger partial charge in [-0.1, -0.05) is 43.3 Å². The fourth-order valence-corrected chi connectivity index (χ4v) is 2.47. The number of amides is 1. The van der Waals surface area contributed by atoms with Gasteiger partial charge in [0.25, 0.3) is 5.91 Å². The lowest BCUT2D eigenvalue weighted by Crippen LogP contribution is -2.17. The van der Waals surface area contributed by atoms with E-state index in [1.54, 1.807) is 18.3 Å². The zero-order valence-electron chi connectivity index (χ0n) is 14.6. The summed E-state index contributed by atoms with van der Waals surface area (Å²) >= 11 is 0. The van der Waals surface area contributed by atoms with Crippen molar-refractivity contribution in [1.82, 2.24) is 10.3 Å². The summed E-state index contributed by atoms with van der Waals surface area (Å²) in [5.74, 6) is 0.854. The minimum Gasteiger partial charge on any atom is -0.439 e. The molecule has 26 heavy (non-hydrogen) atoms. The Morgan fingerprint density at radius 2 is 1.81 bits per heavy atom. The Morgan fingerprint density at radius 3 is 2.62 bits per heavy atom. The molecule has 0 fully saturated rings. The molecular formula is C21H21N3O2. The molecule has 0 radical (unpaired) electrons. The van der Waals surface area contributed by atoms with Crippen LogP contribution in [0.25, 0.3) is 0 Å². The number of hydrogen-bond acceptors (Lipinski definition) is 4. The topological polar surface area (TPSA) is 63.2 Å². The molecule has 1 aromatic heterocycles. The molecule has 3 aromatic rings. The maximum atomic E-state index is 12.6. The van der Waals surface area contributed by atoms with Crippen molar-refractivity contribution < 1.29 is 9.53 Å². The molecule has 132 valence electrons. The first-order valence-electron chi connectivity index (χ1n) is 8.55. The molecule has 0 aliphatic rings. The van der Waals surface area contributed by atoms with Crippen molar-refractivity contribution in [1.29, 1.82) is 0 Å². The molecule has 0 bridgehead atoms. The summed E-state index contributed by atoms with van der Waals surface area (Å²) in [6.07, 6.45) is 1.57. The number of aromatic nitrogens is 1. The normalized spacial score (nSPS) is 10.3. The number of pyridine rings is 1. The first-order chi connectivity index (χ1) is 12.8. The fraction of sp³-hybridized carbons (Fsp3) is 0.143. The van der Waals surface area contributed by atoms with Gasteiger partial charge in [0.15, 0.2) is 0 Å². The Labute approximate surface area is 153 Å². The fourth-order valence-electron chi connectivity index (χ4n) is 2.47. The Kier molecular flexibility index (Phi) is 5.96. The first kappa shape index (κ1) is 17.6. The van der Waals surface area contributed by atoms with Crippen molar-refractivity contribution in [3.63, 3.8) is 0 Å². The van der Waals surface area contributed by atoms with Gasteiger partial charge < -0.3 is 15.4 Å². The van der Waals surface area contributed by atoms with Gasteiger partial charge in [0.2, 0.25) is 5.88 Å². The van der Waals surface area contributed by atoms with Crippen LogP contribution in [0, 0.1) is 0 Å². The minimum absolute atomic E-state index is 0.200. The van der Waals surface area contributed by atoms with Crippen LogP contribution in [-0.4, -0.2) is 17.4 Å². The van der Waals surface area contributed by atoms with E-state index < -0.39 is 0 Å². The SMILES string of the molecule is CCNCc1ccccc1NC(=O)c1ccnc(Oc2ccccc2)c1. The molecule has 0 spiro atoms. The van der Waals surface area contributed by atoms with Gasteiger partial charge in [0, 0.05) is 30.1 Å². The van der Waals surface area contributed by atoms with Gasteiger partial charge in [-0.15, -0.1) is 0 Å². The van der Waals surface area contributed by atoms with E-state index in [0.29, 0.717) is 23.7 Å². The molecule has 0 saturated carbocycles. The van der Waals surface area contributed by atoms with Crippen LogP contribution in [0.4, 0.5) is 5.69 Å². The number of carbonyl (C=O) groups is 1. The summed E-state index contributed by atoms with van der Waals surface area (Å²) in [4.78, 5) is 16.8. The zero-order chi connectivity index (χ0) is 18.2. The summed E-state index contributed by atoms with van der Waals surface area (Å²) in [5, 5.41) is 6.24. The number of rotatable bonds is 7. The predicted molar refractivity (Wildman–Crippen MR) is 103 cm³/mol. The largest absolute Gasteiger partial charge is 0.439 e. The number of para-hydroxylation sites is 2. The lowest BCUT2D eigenvalue weighted by molar-refractivity contribution is 0.102. The number of benzene rings is 2. The van der Waals surface area contributed by atoms with Gasteiger partial charge in [-0.3, -0.25) is 4.79 Å². The first-order valence-corrected chi connectivity index (χ1v) is 8.55. The molecule has 0 unspecified atom stereocenters. The van der Waals surface area contributed by atoms with Gasteiger partial charge in [-0.05, 0) is 36.4 Å². The lowest BCUT2D eigenvalue weighted by atomic mass is 10.1.